The first-order valence-electron chi connectivity index (χ1n) is 12.5. The lowest BCUT2D eigenvalue weighted by Gasteiger charge is -2.44. The van der Waals surface area contributed by atoms with E-state index in [1.807, 2.05) is 0 Å². The summed E-state index contributed by atoms with van der Waals surface area (Å²) in [5.41, 5.74) is 3.90. The Hall–Kier alpha value is -0.860. The zero-order valence-corrected chi connectivity index (χ0v) is 20.2. The van der Waals surface area contributed by atoms with Crippen LogP contribution in [0, 0.1) is 29.1 Å². The molecule has 0 bridgehead atoms. The first kappa shape index (κ1) is 23.8. The maximum absolute atomic E-state index is 10.3. The van der Waals surface area contributed by atoms with Crippen LogP contribution in [-0.2, 0) is 0 Å². The Morgan fingerprint density at radius 3 is 2.60 bits per heavy atom. The summed E-state index contributed by atoms with van der Waals surface area (Å²) < 4.78 is 0. The summed E-state index contributed by atoms with van der Waals surface area (Å²) in [7, 11) is 0. The van der Waals surface area contributed by atoms with E-state index in [-0.39, 0.29) is 0 Å². The number of hydrogen-bond donors (Lipinski definition) is 2. The Morgan fingerprint density at radius 1 is 1.17 bits per heavy atom. The number of fused-ring (bicyclic) bond motifs is 1. The molecule has 3 aliphatic carbocycles. The van der Waals surface area contributed by atoms with Gasteiger partial charge in [-0.05, 0) is 113 Å². The van der Waals surface area contributed by atoms with E-state index in [1.54, 1.807) is 19.4 Å². The molecule has 30 heavy (non-hydrogen) atoms. The van der Waals surface area contributed by atoms with Gasteiger partial charge >= 0.3 is 0 Å². The molecule has 0 saturated heterocycles. The largest absolute Gasteiger partial charge is 0.390 e. The summed E-state index contributed by atoms with van der Waals surface area (Å²) in [6.45, 7) is 15.0. The average Bonchev–Trinajstić information content (AvgIpc) is 3.03. The summed E-state index contributed by atoms with van der Waals surface area (Å²) in [5, 5.41) is 20.3. The lowest BCUT2D eigenvalue weighted by atomic mass is 9.60. The van der Waals surface area contributed by atoms with E-state index in [2.05, 4.69) is 39.5 Å². The summed E-state index contributed by atoms with van der Waals surface area (Å²) in [5.74, 6) is 2.81. The second kappa shape index (κ2) is 9.33. The fourth-order valence-electron chi connectivity index (χ4n) is 6.79. The molecule has 2 nitrogen and oxygen atoms in total. The van der Waals surface area contributed by atoms with Gasteiger partial charge in [0.05, 0.1) is 11.7 Å². The van der Waals surface area contributed by atoms with E-state index in [1.165, 1.54) is 56.1 Å². The van der Waals surface area contributed by atoms with Crippen LogP contribution in [0.3, 0.4) is 0 Å². The molecule has 0 aromatic carbocycles. The van der Waals surface area contributed by atoms with E-state index in [4.69, 9.17) is 0 Å². The van der Waals surface area contributed by atoms with Crippen LogP contribution in [0.5, 0.6) is 0 Å². The van der Waals surface area contributed by atoms with Gasteiger partial charge in [-0.3, -0.25) is 0 Å². The van der Waals surface area contributed by atoms with Crippen molar-refractivity contribution in [3.8, 4) is 0 Å². The van der Waals surface area contributed by atoms with Gasteiger partial charge < -0.3 is 10.2 Å². The summed E-state index contributed by atoms with van der Waals surface area (Å²) in [4.78, 5) is 0. The van der Waals surface area contributed by atoms with Crippen molar-refractivity contribution >= 4 is 0 Å². The highest BCUT2D eigenvalue weighted by atomic mass is 16.3. The molecular formula is C28H46O2. The van der Waals surface area contributed by atoms with Gasteiger partial charge in [-0.15, -0.1) is 0 Å². The molecular weight excluding hydrogens is 368 g/mol. The van der Waals surface area contributed by atoms with Crippen LogP contribution >= 0.6 is 0 Å². The van der Waals surface area contributed by atoms with E-state index in [9.17, 15) is 10.2 Å². The third kappa shape index (κ3) is 5.13. The van der Waals surface area contributed by atoms with Crippen LogP contribution in [0.25, 0.3) is 0 Å². The van der Waals surface area contributed by atoms with Gasteiger partial charge in [0.15, 0.2) is 0 Å². The molecule has 3 saturated carbocycles. The highest BCUT2D eigenvalue weighted by molar-refractivity contribution is 5.36. The molecule has 170 valence electrons. The van der Waals surface area contributed by atoms with Crippen molar-refractivity contribution < 1.29 is 10.2 Å². The molecule has 0 aromatic rings. The second-order valence-corrected chi connectivity index (χ2v) is 11.7. The van der Waals surface area contributed by atoms with Crippen molar-refractivity contribution in [1.82, 2.24) is 0 Å². The minimum absolute atomic E-state index is 0.387. The van der Waals surface area contributed by atoms with Crippen LogP contribution < -0.4 is 0 Å². The lowest BCUT2D eigenvalue weighted by Crippen LogP contribution is -2.38. The molecule has 3 fully saturated rings. The van der Waals surface area contributed by atoms with Crippen molar-refractivity contribution in [2.45, 2.75) is 111 Å². The highest BCUT2D eigenvalue weighted by Crippen LogP contribution is 2.60. The molecule has 2 heteroatoms. The van der Waals surface area contributed by atoms with Crippen molar-refractivity contribution in [3.05, 3.63) is 35.5 Å². The minimum atomic E-state index is -1.00. The Kier molecular flexibility index (Phi) is 7.40. The molecule has 2 N–H and O–H groups in total. The molecule has 3 unspecified atom stereocenters. The Morgan fingerprint density at radius 2 is 1.90 bits per heavy atom. The monoisotopic (exact) mass is 414 g/mol. The fraction of sp³-hybridized carbons (Fsp3) is 0.786. The van der Waals surface area contributed by atoms with Crippen LogP contribution in [0.1, 0.15) is 98.8 Å². The maximum atomic E-state index is 10.3. The predicted octanol–water partition coefficient (Wildman–Crippen LogP) is 6.98. The van der Waals surface area contributed by atoms with Gasteiger partial charge in [0.1, 0.15) is 0 Å². The number of allylic oxidation sites excluding steroid dienone is 5. The average molecular weight is 415 g/mol. The van der Waals surface area contributed by atoms with Crippen LogP contribution in [0.2, 0.25) is 0 Å². The molecule has 3 aliphatic rings. The topological polar surface area (TPSA) is 40.5 Å². The van der Waals surface area contributed by atoms with Gasteiger partial charge in [0.25, 0.3) is 0 Å². The van der Waals surface area contributed by atoms with Gasteiger partial charge in [0.2, 0.25) is 0 Å². The number of hydrogen-bond acceptors (Lipinski definition) is 2. The van der Waals surface area contributed by atoms with E-state index < -0.39 is 11.7 Å². The SMILES string of the molecule is C=C1CC[C@H](C)C/C1=C\C=C1/CCC[C@@]2(C)C1CCC2[C@H](C)CCC(O)C(C)(C)O. The van der Waals surface area contributed by atoms with E-state index in [0.29, 0.717) is 23.7 Å². The van der Waals surface area contributed by atoms with Crippen molar-refractivity contribution in [3.63, 3.8) is 0 Å². The summed E-state index contributed by atoms with van der Waals surface area (Å²) >= 11 is 0. The van der Waals surface area contributed by atoms with Crippen molar-refractivity contribution in [2.24, 2.45) is 29.1 Å². The van der Waals surface area contributed by atoms with Gasteiger partial charge in [-0.25, -0.2) is 0 Å². The predicted molar refractivity (Wildman–Crippen MR) is 127 cm³/mol. The molecule has 0 aromatic heterocycles. The molecule has 0 aliphatic heterocycles. The highest BCUT2D eigenvalue weighted by Gasteiger charge is 2.50. The normalized spacial score (nSPS) is 37.4. The van der Waals surface area contributed by atoms with Crippen LogP contribution in [0.15, 0.2) is 35.5 Å². The maximum Gasteiger partial charge on any atom is 0.0849 e. The summed E-state index contributed by atoms with van der Waals surface area (Å²) in [6, 6.07) is 0. The number of aliphatic hydroxyl groups excluding tert-OH is 1. The lowest BCUT2D eigenvalue weighted by molar-refractivity contribution is -0.0554. The van der Waals surface area contributed by atoms with Gasteiger partial charge in [-0.1, -0.05) is 50.6 Å². The van der Waals surface area contributed by atoms with Gasteiger partial charge in [-0.2, -0.15) is 0 Å². The number of rotatable bonds is 6. The Balaban J connectivity index is 1.69. The van der Waals surface area contributed by atoms with Crippen molar-refractivity contribution in [1.29, 1.82) is 0 Å². The Labute approximate surface area is 185 Å². The zero-order chi connectivity index (χ0) is 22.1. The zero-order valence-electron chi connectivity index (χ0n) is 20.2. The standard InChI is InChI=1S/C28H46O2/c1-19-9-10-20(2)23(18-19)13-12-22-8-7-17-28(6)24(14-15-25(22)28)21(3)11-16-26(29)27(4,5)30/h12-13,19,21,24-26,29-30H,2,7-11,14-18H2,1,3-6H3/b22-12+,23-13+/t19-,21+,24?,25?,26?,28+/m0/s1. The number of aliphatic hydroxyl groups is 2. The molecule has 0 heterocycles. The molecule has 0 radical (unpaired) electrons. The fourth-order valence-corrected chi connectivity index (χ4v) is 6.79. The van der Waals surface area contributed by atoms with Gasteiger partial charge in [0, 0.05) is 0 Å². The summed E-state index contributed by atoms with van der Waals surface area (Å²) in [6.07, 6.45) is 16.1. The molecule has 3 rings (SSSR count). The van der Waals surface area contributed by atoms with Crippen LogP contribution in [-0.4, -0.2) is 21.9 Å². The van der Waals surface area contributed by atoms with Crippen molar-refractivity contribution in [2.75, 3.05) is 0 Å². The third-order valence-electron chi connectivity index (χ3n) is 8.90. The second-order valence-electron chi connectivity index (χ2n) is 11.7. The first-order valence-corrected chi connectivity index (χ1v) is 12.5. The van der Waals surface area contributed by atoms with E-state index >= 15 is 0 Å². The molecule has 6 atom stereocenters. The minimum Gasteiger partial charge on any atom is -0.390 e. The molecule has 0 spiro atoms. The van der Waals surface area contributed by atoms with Crippen LogP contribution in [0.4, 0.5) is 0 Å². The smallest absolute Gasteiger partial charge is 0.0849 e. The quantitative estimate of drug-likeness (QED) is 0.492. The Bertz CT molecular complexity index is 679. The van der Waals surface area contributed by atoms with E-state index in [0.717, 1.165) is 24.7 Å². The third-order valence-corrected chi connectivity index (χ3v) is 8.90. The first-order chi connectivity index (χ1) is 14.0. The molecule has 0 amide bonds.